The Bertz CT molecular complexity index is 368. The van der Waals surface area contributed by atoms with Crippen LogP contribution in [0.3, 0.4) is 0 Å². The van der Waals surface area contributed by atoms with Crippen LogP contribution in [0, 0.1) is 0 Å². The number of rotatable bonds is 4. The number of hydrogen-bond acceptors (Lipinski definition) is 2. The molecule has 0 saturated heterocycles. The average molecular weight is 288 g/mol. The summed E-state index contributed by atoms with van der Waals surface area (Å²) in [5, 5.41) is 0. The van der Waals surface area contributed by atoms with Crippen LogP contribution in [0.5, 0.6) is 5.75 Å². The highest BCUT2D eigenvalue weighted by atomic mass is 79.9. The number of halogens is 1. The maximum Gasteiger partial charge on any atom is 0.120 e. The van der Waals surface area contributed by atoms with Gasteiger partial charge in [0.05, 0.1) is 6.10 Å². The first-order chi connectivity index (χ1) is 7.04. The fourth-order valence-corrected chi connectivity index (χ4v) is 1.97. The molecule has 1 aromatic rings. The van der Waals surface area contributed by atoms with Crippen molar-refractivity contribution in [1.82, 2.24) is 0 Å². The predicted molar refractivity (Wildman–Crippen MR) is 70.4 cm³/mol. The molecule has 0 bridgehead atoms. The molecule has 0 saturated carbocycles. The van der Waals surface area contributed by atoms with Crippen molar-refractivity contribution in [2.24, 2.45) is 5.73 Å². The summed E-state index contributed by atoms with van der Waals surface area (Å²) in [7, 11) is 0. The second-order valence-electron chi connectivity index (χ2n) is 3.34. The van der Waals surface area contributed by atoms with Crippen molar-refractivity contribution in [3.05, 3.63) is 28.2 Å². The monoisotopic (exact) mass is 287 g/mol. The van der Waals surface area contributed by atoms with Crippen molar-refractivity contribution in [2.75, 3.05) is 0 Å². The molecule has 0 fully saturated rings. The van der Waals surface area contributed by atoms with Crippen LogP contribution in [-0.2, 0) is 0 Å². The highest BCUT2D eigenvalue weighted by molar-refractivity contribution is 9.10. The lowest BCUT2D eigenvalue weighted by Crippen LogP contribution is -2.12. The molecule has 0 radical (unpaired) electrons. The van der Waals surface area contributed by atoms with Gasteiger partial charge in [0, 0.05) is 10.0 Å². The zero-order valence-electron chi connectivity index (χ0n) is 8.79. The molecule has 2 N–H and O–H groups in total. The lowest BCUT2D eigenvalue weighted by Gasteiger charge is -2.13. The summed E-state index contributed by atoms with van der Waals surface area (Å²) in [5.74, 6) is 0.830. The zero-order chi connectivity index (χ0) is 11.4. The molecule has 2 nitrogen and oxygen atoms in total. The Morgan fingerprint density at radius 1 is 1.60 bits per heavy atom. The Kier molecular flexibility index (Phi) is 4.54. The summed E-state index contributed by atoms with van der Waals surface area (Å²) < 4.78 is 6.54. The van der Waals surface area contributed by atoms with E-state index in [1.54, 1.807) is 0 Å². The minimum atomic E-state index is 0.215. The molecule has 15 heavy (non-hydrogen) atoms. The smallest absolute Gasteiger partial charge is 0.120 e. The molecule has 0 aliphatic rings. The van der Waals surface area contributed by atoms with E-state index in [0.717, 1.165) is 22.2 Å². The minimum absolute atomic E-state index is 0.215. The molecule has 1 unspecified atom stereocenters. The van der Waals surface area contributed by atoms with Crippen molar-refractivity contribution < 1.29 is 4.74 Å². The van der Waals surface area contributed by atoms with E-state index in [1.165, 1.54) is 0 Å². The fourth-order valence-electron chi connectivity index (χ4n) is 1.08. The van der Waals surface area contributed by atoms with Crippen LogP contribution in [0.2, 0.25) is 0 Å². The topological polar surface area (TPSA) is 35.2 Å². The van der Waals surface area contributed by atoms with Gasteiger partial charge in [0.1, 0.15) is 10.7 Å². The van der Waals surface area contributed by atoms with Crippen LogP contribution in [0.25, 0.3) is 0 Å². The second-order valence-corrected chi connectivity index (χ2v) is 4.64. The predicted octanol–water partition coefficient (Wildman–Crippen LogP) is 3.26. The normalized spacial score (nSPS) is 12.2. The Hall–Kier alpha value is -0.610. The third-order valence-electron chi connectivity index (χ3n) is 2.12. The number of ether oxygens (including phenoxy) is 1. The van der Waals surface area contributed by atoms with Gasteiger partial charge in [-0.3, -0.25) is 0 Å². The van der Waals surface area contributed by atoms with E-state index in [2.05, 4.69) is 22.9 Å². The van der Waals surface area contributed by atoms with E-state index in [1.807, 2.05) is 25.1 Å². The number of thiocarbonyl (C=S) groups is 1. The SMILES string of the molecule is CCC(C)Oc1ccc(C(N)=S)c(Br)c1. The zero-order valence-corrected chi connectivity index (χ0v) is 11.2. The summed E-state index contributed by atoms with van der Waals surface area (Å²) in [4.78, 5) is 0.386. The lowest BCUT2D eigenvalue weighted by molar-refractivity contribution is 0.217. The van der Waals surface area contributed by atoms with Crippen molar-refractivity contribution in [3.8, 4) is 5.75 Å². The highest BCUT2D eigenvalue weighted by Gasteiger charge is 2.06. The van der Waals surface area contributed by atoms with Crippen LogP contribution in [0.4, 0.5) is 0 Å². The molecule has 4 heteroatoms. The van der Waals surface area contributed by atoms with Gasteiger partial charge in [-0.1, -0.05) is 19.1 Å². The van der Waals surface area contributed by atoms with E-state index >= 15 is 0 Å². The molecule has 0 spiro atoms. The van der Waals surface area contributed by atoms with Gasteiger partial charge in [0.25, 0.3) is 0 Å². The van der Waals surface area contributed by atoms with Gasteiger partial charge in [-0.05, 0) is 47.5 Å². The van der Waals surface area contributed by atoms with E-state index in [9.17, 15) is 0 Å². The standard InChI is InChI=1S/C11H14BrNOS/c1-3-7(2)14-8-4-5-9(11(13)15)10(12)6-8/h4-7H,3H2,1-2H3,(H2,13,15). The quantitative estimate of drug-likeness (QED) is 0.864. The Morgan fingerprint density at radius 2 is 2.27 bits per heavy atom. The molecule has 1 atom stereocenters. The first-order valence-corrected chi connectivity index (χ1v) is 6.00. The summed E-state index contributed by atoms with van der Waals surface area (Å²) >= 11 is 8.32. The summed E-state index contributed by atoms with van der Waals surface area (Å²) in [6, 6.07) is 5.64. The molecule has 0 aliphatic carbocycles. The molecule has 0 amide bonds. The Labute approximate surface area is 104 Å². The molecule has 0 aliphatic heterocycles. The molecule has 82 valence electrons. The molecular weight excluding hydrogens is 274 g/mol. The van der Waals surface area contributed by atoms with E-state index in [-0.39, 0.29) is 6.10 Å². The van der Waals surface area contributed by atoms with Crippen molar-refractivity contribution in [3.63, 3.8) is 0 Å². The summed E-state index contributed by atoms with van der Waals surface area (Å²) in [5.41, 5.74) is 6.39. The minimum Gasteiger partial charge on any atom is -0.491 e. The molecule has 0 heterocycles. The van der Waals surface area contributed by atoms with Gasteiger partial charge in [-0.15, -0.1) is 0 Å². The van der Waals surface area contributed by atoms with Gasteiger partial charge in [0.15, 0.2) is 0 Å². The van der Waals surface area contributed by atoms with Gasteiger partial charge < -0.3 is 10.5 Å². The molecule has 0 aromatic heterocycles. The Balaban J connectivity index is 2.87. The van der Waals surface area contributed by atoms with Crippen molar-refractivity contribution >= 4 is 33.1 Å². The summed E-state index contributed by atoms with van der Waals surface area (Å²) in [6.07, 6.45) is 1.20. The van der Waals surface area contributed by atoms with Crippen LogP contribution in [0.15, 0.2) is 22.7 Å². The summed E-state index contributed by atoms with van der Waals surface area (Å²) in [6.45, 7) is 4.12. The third kappa shape index (κ3) is 3.47. The number of benzene rings is 1. The lowest BCUT2D eigenvalue weighted by atomic mass is 10.2. The van der Waals surface area contributed by atoms with E-state index < -0.39 is 0 Å². The van der Waals surface area contributed by atoms with Crippen LogP contribution in [-0.4, -0.2) is 11.1 Å². The Morgan fingerprint density at radius 3 is 2.73 bits per heavy atom. The third-order valence-corrected chi connectivity index (χ3v) is 2.99. The molecular formula is C11H14BrNOS. The van der Waals surface area contributed by atoms with Crippen LogP contribution >= 0.6 is 28.1 Å². The van der Waals surface area contributed by atoms with Gasteiger partial charge in [-0.2, -0.15) is 0 Å². The second kappa shape index (κ2) is 5.47. The first-order valence-electron chi connectivity index (χ1n) is 4.80. The van der Waals surface area contributed by atoms with Crippen molar-refractivity contribution in [1.29, 1.82) is 0 Å². The maximum absolute atomic E-state index is 5.66. The largest absolute Gasteiger partial charge is 0.491 e. The van der Waals surface area contributed by atoms with Crippen molar-refractivity contribution in [2.45, 2.75) is 26.4 Å². The number of hydrogen-bond donors (Lipinski definition) is 1. The highest BCUT2D eigenvalue weighted by Crippen LogP contribution is 2.24. The molecule has 1 aromatic carbocycles. The number of nitrogens with two attached hydrogens (primary N) is 1. The average Bonchev–Trinajstić information content (AvgIpc) is 2.17. The fraction of sp³-hybridized carbons (Fsp3) is 0.364. The van der Waals surface area contributed by atoms with Gasteiger partial charge in [0.2, 0.25) is 0 Å². The van der Waals surface area contributed by atoms with Gasteiger partial charge >= 0.3 is 0 Å². The van der Waals surface area contributed by atoms with E-state index in [4.69, 9.17) is 22.7 Å². The van der Waals surface area contributed by atoms with Crippen LogP contribution in [0.1, 0.15) is 25.8 Å². The molecule has 1 rings (SSSR count). The first kappa shape index (κ1) is 12.5. The maximum atomic E-state index is 5.66. The van der Waals surface area contributed by atoms with Crippen LogP contribution < -0.4 is 10.5 Å². The van der Waals surface area contributed by atoms with E-state index in [0.29, 0.717) is 4.99 Å². The van der Waals surface area contributed by atoms with Gasteiger partial charge in [-0.25, -0.2) is 0 Å².